The second kappa shape index (κ2) is 8.50. The van der Waals surface area contributed by atoms with E-state index in [9.17, 15) is 18.5 Å². The number of anilines is 1. The van der Waals surface area contributed by atoms with Gasteiger partial charge in [-0.2, -0.15) is 9.41 Å². The van der Waals surface area contributed by atoms with Crippen molar-refractivity contribution in [2.24, 2.45) is 5.10 Å². The molecular weight excluding hydrogens is 358 g/mol. The summed E-state index contributed by atoms with van der Waals surface area (Å²) in [5.74, 6) is 0. The zero-order valence-corrected chi connectivity index (χ0v) is 15.2. The van der Waals surface area contributed by atoms with Crippen LogP contribution in [0, 0.1) is 10.1 Å². The highest BCUT2D eigenvalue weighted by atomic mass is 32.2. The summed E-state index contributed by atoms with van der Waals surface area (Å²) in [6.07, 6.45) is 3.00. The van der Waals surface area contributed by atoms with E-state index in [1.807, 2.05) is 0 Å². The van der Waals surface area contributed by atoms with Crippen molar-refractivity contribution in [1.82, 2.24) is 9.29 Å². The van der Waals surface area contributed by atoms with Crippen molar-refractivity contribution in [3.8, 4) is 0 Å². The number of hydrogen-bond donors (Lipinski definition) is 1. The molecule has 1 N–H and O–H groups in total. The molecule has 0 aliphatic rings. The van der Waals surface area contributed by atoms with Gasteiger partial charge in [0.25, 0.3) is 5.69 Å². The van der Waals surface area contributed by atoms with Crippen molar-refractivity contribution in [1.29, 1.82) is 0 Å². The number of pyridine rings is 1. The summed E-state index contributed by atoms with van der Waals surface area (Å²) >= 11 is 0. The number of nitro benzene ring substituents is 1. The zero-order chi connectivity index (χ0) is 19.2. The average Bonchev–Trinajstić information content (AvgIpc) is 2.63. The van der Waals surface area contributed by atoms with Crippen molar-refractivity contribution < 1.29 is 13.3 Å². The van der Waals surface area contributed by atoms with Crippen molar-refractivity contribution >= 4 is 27.6 Å². The van der Waals surface area contributed by atoms with Crippen LogP contribution in [0.2, 0.25) is 0 Å². The third-order valence-corrected chi connectivity index (χ3v) is 5.62. The number of rotatable bonds is 8. The van der Waals surface area contributed by atoms with Crippen LogP contribution in [0.1, 0.15) is 19.5 Å². The van der Waals surface area contributed by atoms with Gasteiger partial charge in [0.1, 0.15) is 5.69 Å². The summed E-state index contributed by atoms with van der Waals surface area (Å²) in [6.45, 7) is 3.97. The Kier molecular flexibility index (Phi) is 6.36. The molecule has 1 heterocycles. The van der Waals surface area contributed by atoms with Crippen LogP contribution in [-0.2, 0) is 10.0 Å². The summed E-state index contributed by atoms with van der Waals surface area (Å²) in [5, 5.41) is 15.2. The molecule has 0 spiro atoms. The van der Waals surface area contributed by atoms with Gasteiger partial charge in [0.2, 0.25) is 10.0 Å². The Balaban J connectivity index is 2.32. The fourth-order valence-corrected chi connectivity index (χ4v) is 3.73. The van der Waals surface area contributed by atoms with E-state index < -0.39 is 14.9 Å². The zero-order valence-electron chi connectivity index (χ0n) is 14.4. The molecule has 9 nitrogen and oxygen atoms in total. The van der Waals surface area contributed by atoms with E-state index in [-0.39, 0.29) is 29.4 Å². The van der Waals surface area contributed by atoms with Crippen molar-refractivity contribution in [3.05, 3.63) is 58.4 Å². The molecule has 0 amide bonds. The summed E-state index contributed by atoms with van der Waals surface area (Å²) in [4.78, 5) is 14.6. The first-order valence-electron chi connectivity index (χ1n) is 7.88. The normalized spacial score (nSPS) is 11.8. The summed E-state index contributed by atoms with van der Waals surface area (Å²) < 4.78 is 26.3. The molecule has 2 rings (SSSR count). The fourth-order valence-electron chi connectivity index (χ4n) is 2.25. The molecule has 0 atom stereocenters. The lowest BCUT2D eigenvalue weighted by Crippen LogP contribution is -2.30. The first-order chi connectivity index (χ1) is 12.4. The molecule has 0 radical (unpaired) electrons. The molecule has 1 aromatic heterocycles. The topological polar surface area (TPSA) is 118 Å². The molecule has 10 heteroatoms. The monoisotopic (exact) mass is 377 g/mol. The van der Waals surface area contributed by atoms with E-state index in [4.69, 9.17) is 0 Å². The highest BCUT2D eigenvalue weighted by Gasteiger charge is 2.25. The van der Waals surface area contributed by atoms with Crippen molar-refractivity contribution in [3.63, 3.8) is 0 Å². The SMILES string of the molecule is CCN(CC)S(=O)(=O)c1ccc(NN=Cc2ccccn2)c([N+](=O)[O-])c1. The smallest absolute Gasteiger partial charge is 0.272 e. The van der Waals surface area contributed by atoms with Crippen LogP contribution in [0.15, 0.2) is 52.6 Å². The van der Waals surface area contributed by atoms with E-state index >= 15 is 0 Å². The van der Waals surface area contributed by atoms with E-state index in [1.54, 1.807) is 38.2 Å². The molecule has 2 aromatic rings. The first-order valence-corrected chi connectivity index (χ1v) is 9.32. The number of nitrogens with zero attached hydrogens (tertiary/aromatic N) is 4. The predicted octanol–water partition coefficient (Wildman–Crippen LogP) is 2.47. The highest BCUT2D eigenvalue weighted by Crippen LogP contribution is 2.29. The van der Waals surface area contributed by atoms with Gasteiger partial charge in [0, 0.05) is 25.4 Å². The minimum Gasteiger partial charge on any atom is -0.272 e. The van der Waals surface area contributed by atoms with Gasteiger partial charge in [-0.25, -0.2) is 8.42 Å². The molecule has 0 bridgehead atoms. The molecule has 0 aliphatic carbocycles. The van der Waals surface area contributed by atoms with E-state index in [2.05, 4.69) is 15.5 Å². The quantitative estimate of drug-likeness (QED) is 0.429. The van der Waals surface area contributed by atoms with Gasteiger partial charge in [0.05, 0.1) is 21.7 Å². The Hall–Kier alpha value is -2.85. The Morgan fingerprint density at radius 1 is 1.27 bits per heavy atom. The molecule has 0 fully saturated rings. The molecule has 26 heavy (non-hydrogen) atoms. The number of hydrazone groups is 1. The predicted molar refractivity (Wildman–Crippen MR) is 98.7 cm³/mol. The Labute approximate surface area is 151 Å². The lowest BCUT2D eigenvalue weighted by atomic mass is 10.3. The highest BCUT2D eigenvalue weighted by molar-refractivity contribution is 7.89. The minimum absolute atomic E-state index is 0.0840. The first kappa shape index (κ1) is 19.5. The second-order valence-corrected chi connectivity index (χ2v) is 7.09. The maximum atomic E-state index is 12.5. The van der Waals surface area contributed by atoms with Crippen LogP contribution in [-0.4, -0.2) is 41.9 Å². The van der Waals surface area contributed by atoms with E-state index in [0.29, 0.717) is 5.69 Å². The van der Waals surface area contributed by atoms with E-state index in [0.717, 1.165) is 6.07 Å². The standard InChI is InChI=1S/C16H19N5O4S/c1-3-20(4-2)26(24,25)14-8-9-15(16(11-14)21(22)23)19-18-12-13-7-5-6-10-17-13/h5-12,19H,3-4H2,1-2H3. The summed E-state index contributed by atoms with van der Waals surface area (Å²) in [7, 11) is -3.78. The number of benzene rings is 1. The van der Waals surface area contributed by atoms with Crippen LogP contribution in [0.4, 0.5) is 11.4 Å². The van der Waals surface area contributed by atoms with E-state index in [1.165, 1.54) is 22.7 Å². The third kappa shape index (κ3) is 4.41. The van der Waals surface area contributed by atoms with Crippen LogP contribution in [0.25, 0.3) is 0 Å². The summed E-state index contributed by atoms with van der Waals surface area (Å²) in [6, 6.07) is 8.93. The molecule has 0 saturated heterocycles. The van der Waals surface area contributed by atoms with Crippen LogP contribution >= 0.6 is 0 Å². The molecule has 1 aromatic carbocycles. The lowest BCUT2D eigenvalue weighted by molar-refractivity contribution is -0.384. The Morgan fingerprint density at radius 3 is 2.58 bits per heavy atom. The van der Waals surface area contributed by atoms with Gasteiger partial charge in [-0.05, 0) is 24.3 Å². The van der Waals surface area contributed by atoms with Gasteiger partial charge >= 0.3 is 0 Å². The van der Waals surface area contributed by atoms with Crippen LogP contribution < -0.4 is 5.43 Å². The van der Waals surface area contributed by atoms with Crippen molar-refractivity contribution in [2.75, 3.05) is 18.5 Å². The Morgan fingerprint density at radius 2 is 2.00 bits per heavy atom. The number of hydrogen-bond acceptors (Lipinski definition) is 7. The molecule has 0 aliphatic heterocycles. The fraction of sp³-hybridized carbons (Fsp3) is 0.250. The van der Waals surface area contributed by atoms with Crippen LogP contribution in [0.3, 0.4) is 0 Å². The average molecular weight is 377 g/mol. The number of nitrogens with one attached hydrogen (secondary N) is 1. The largest absolute Gasteiger partial charge is 0.295 e. The Bertz CT molecular complexity index is 896. The summed E-state index contributed by atoms with van der Waals surface area (Å²) in [5.41, 5.74) is 2.84. The molecule has 138 valence electrons. The van der Waals surface area contributed by atoms with Gasteiger partial charge in [0.15, 0.2) is 0 Å². The van der Waals surface area contributed by atoms with Gasteiger partial charge < -0.3 is 0 Å². The van der Waals surface area contributed by atoms with Gasteiger partial charge in [-0.3, -0.25) is 20.5 Å². The molecular formula is C16H19N5O4S. The van der Waals surface area contributed by atoms with Crippen LogP contribution in [0.5, 0.6) is 0 Å². The maximum absolute atomic E-state index is 12.5. The van der Waals surface area contributed by atoms with Crippen molar-refractivity contribution in [2.45, 2.75) is 18.7 Å². The maximum Gasteiger partial charge on any atom is 0.295 e. The van der Waals surface area contributed by atoms with Gasteiger partial charge in [-0.1, -0.05) is 19.9 Å². The number of nitro groups is 1. The molecule has 0 saturated carbocycles. The third-order valence-electron chi connectivity index (χ3n) is 3.58. The second-order valence-electron chi connectivity index (χ2n) is 5.15. The molecule has 0 unspecified atom stereocenters. The lowest BCUT2D eigenvalue weighted by Gasteiger charge is -2.18. The minimum atomic E-state index is -3.78. The number of aromatic nitrogens is 1. The number of sulfonamides is 1. The van der Waals surface area contributed by atoms with Gasteiger partial charge in [-0.15, -0.1) is 0 Å².